The van der Waals surface area contributed by atoms with Gasteiger partial charge in [-0.15, -0.1) is 0 Å². The van der Waals surface area contributed by atoms with Crippen molar-refractivity contribution in [1.29, 1.82) is 0 Å². The lowest BCUT2D eigenvalue weighted by molar-refractivity contribution is 0.886. The van der Waals surface area contributed by atoms with Crippen LogP contribution < -0.4 is 11.3 Å². The minimum absolute atomic E-state index is 0.201. The van der Waals surface area contributed by atoms with Crippen LogP contribution in [0.2, 0.25) is 0 Å². The Hall–Kier alpha value is -2.42. The molecule has 0 bridgehead atoms. The lowest BCUT2D eigenvalue weighted by Gasteiger charge is -2.02. The van der Waals surface area contributed by atoms with E-state index in [1.165, 1.54) is 28.7 Å². The lowest BCUT2D eigenvalue weighted by atomic mass is 10.4. The maximum atomic E-state index is 11.8. The third kappa shape index (κ3) is 2.48. The molecule has 3 aromatic heterocycles. The van der Waals surface area contributed by atoms with Gasteiger partial charge in [0.2, 0.25) is 0 Å². The highest BCUT2D eigenvalue weighted by Gasteiger charge is 2.06. The molecule has 3 aromatic rings. The van der Waals surface area contributed by atoms with Crippen LogP contribution in [0.25, 0.3) is 5.78 Å². The molecule has 0 aliphatic heterocycles. The first kappa shape index (κ1) is 12.6. The van der Waals surface area contributed by atoms with E-state index in [0.29, 0.717) is 28.2 Å². The number of hydrogen-bond donors (Lipinski definition) is 2. The number of aromatic amines is 1. The van der Waals surface area contributed by atoms with Gasteiger partial charge in [-0.05, 0) is 6.92 Å². The number of aromatic nitrogens is 6. The van der Waals surface area contributed by atoms with Crippen LogP contribution in [0.5, 0.6) is 0 Å². The van der Waals surface area contributed by atoms with Gasteiger partial charge >= 0.3 is 0 Å². The molecule has 9 heteroatoms. The Labute approximate surface area is 117 Å². The van der Waals surface area contributed by atoms with Crippen molar-refractivity contribution in [2.24, 2.45) is 0 Å². The topological polar surface area (TPSA) is 115 Å². The van der Waals surface area contributed by atoms with Gasteiger partial charge in [-0.25, -0.2) is 19.9 Å². The van der Waals surface area contributed by atoms with Gasteiger partial charge in [-0.2, -0.15) is 4.52 Å². The van der Waals surface area contributed by atoms with E-state index < -0.39 is 0 Å². The zero-order valence-corrected chi connectivity index (χ0v) is 11.4. The molecule has 0 saturated carbocycles. The number of hydrogen-bond acceptors (Lipinski definition) is 7. The predicted octanol–water partition coefficient (Wildman–Crippen LogP) is 0.391. The maximum absolute atomic E-state index is 11.8. The maximum Gasteiger partial charge on any atom is 0.274 e. The number of aryl methyl sites for hydroxylation is 1. The number of nitrogens with one attached hydrogen (secondary N) is 1. The average Bonchev–Trinajstić information content (AvgIpc) is 2.84. The highest BCUT2D eigenvalue weighted by Crippen LogP contribution is 2.19. The Kier molecular flexibility index (Phi) is 3.11. The van der Waals surface area contributed by atoms with Gasteiger partial charge in [0.15, 0.2) is 5.16 Å². The van der Waals surface area contributed by atoms with Gasteiger partial charge in [0, 0.05) is 23.6 Å². The summed E-state index contributed by atoms with van der Waals surface area (Å²) in [5, 5.41) is 3.25. The summed E-state index contributed by atoms with van der Waals surface area (Å²) >= 11 is 1.37. The first-order valence-electron chi connectivity index (χ1n) is 5.78. The first-order valence-corrected chi connectivity index (χ1v) is 6.76. The second kappa shape index (κ2) is 4.93. The lowest BCUT2D eigenvalue weighted by Crippen LogP contribution is -2.15. The fraction of sp³-hybridized carbons (Fsp3) is 0.182. The number of fused-ring (bicyclic) bond motifs is 1. The number of H-pyrrole nitrogens is 1. The second-order valence-electron chi connectivity index (χ2n) is 4.11. The summed E-state index contributed by atoms with van der Waals surface area (Å²) in [7, 11) is 0. The van der Waals surface area contributed by atoms with Crippen LogP contribution in [0.15, 0.2) is 28.4 Å². The molecule has 0 aliphatic rings. The Morgan fingerprint density at radius 3 is 3.00 bits per heavy atom. The molecule has 3 rings (SSSR count). The minimum Gasteiger partial charge on any atom is -0.384 e. The summed E-state index contributed by atoms with van der Waals surface area (Å²) in [5.41, 5.74) is 6.89. The van der Waals surface area contributed by atoms with Gasteiger partial charge in [0.1, 0.15) is 12.1 Å². The molecule has 0 saturated heterocycles. The average molecular weight is 289 g/mol. The molecule has 0 aliphatic carbocycles. The Bertz CT molecular complexity index is 805. The molecule has 0 unspecified atom stereocenters. The third-order valence-corrected chi connectivity index (χ3v) is 3.40. The van der Waals surface area contributed by atoms with Crippen LogP contribution in [0, 0.1) is 6.92 Å². The number of thioether (sulfide) groups is 1. The van der Waals surface area contributed by atoms with Gasteiger partial charge in [-0.3, -0.25) is 9.89 Å². The Morgan fingerprint density at radius 2 is 2.20 bits per heavy atom. The van der Waals surface area contributed by atoms with Gasteiger partial charge in [-0.1, -0.05) is 11.8 Å². The molecule has 0 fully saturated rings. The van der Waals surface area contributed by atoms with Crippen molar-refractivity contribution in [3.8, 4) is 0 Å². The monoisotopic (exact) mass is 289 g/mol. The van der Waals surface area contributed by atoms with E-state index in [-0.39, 0.29) is 5.56 Å². The van der Waals surface area contributed by atoms with Gasteiger partial charge < -0.3 is 5.73 Å². The van der Waals surface area contributed by atoms with E-state index >= 15 is 0 Å². The third-order valence-electron chi connectivity index (χ3n) is 2.52. The number of rotatable bonds is 3. The van der Waals surface area contributed by atoms with E-state index in [1.807, 2.05) is 6.92 Å². The van der Waals surface area contributed by atoms with Crippen molar-refractivity contribution in [2.45, 2.75) is 17.8 Å². The fourth-order valence-electron chi connectivity index (χ4n) is 1.71. The number of nitrogens with two attached hydrogens (primary N) is 1. The van der Waals surface area contributed by atoms with Crippen molar-refractivity contribution in [1.82, 2.24) is 29.5 Å². The molecule has 3 heterocycles. The summed E-state index contributed by atoms with van der Waals surface area (Å²) in [5.74, 6) is 1.25. The number of anilines is 1. The number of nitrogens with zero attached hydrogens (tertiary/aromatic N) is 5. The highest BCUT2D eigenvalue weighted by molar-refractivity contribution is 7.98. The quantitative estimate of drug-likeness (QED) is 0.529. The number of nitrogen functional groups attached to an aromatic ring is 1. The minimum atomic E-state index is -0.201. The van der Waals surface area contributed by atoms with E-state index in [2.05, 4.69) is 25.0 Å². The summed E-state index contributed by atoms with van der Waals surface area (Å²) in [4.78, 5) is 28.4. The van der Waals surface area contributed by atoms with Crippen molar-refractivity contribution < 1.29 is 0 Å². The SMILES string of the molecule is Cc1cc(N)nc(SCc2cc(=O)n3[nH]cnc3n2)n1. The summed E-state index contributed by atoms with van der Waals surface area (Å²) in [6, 6.07) is 3.15. The van der Waals surface area contributed by atoms with Crippen LogP contribution in [0.4, 0.5) is 5.82 Å². The summed E-state index contributed by atoms with van der Waals surface area (Å²) in [6.07, 6.45) is 1.42. The zero-order chi connectivity index (χ0) is 14.1. The molecule has 0 atom stereocenters. The normalized spacial score (nSPS) is 11.1. The summed E-state index contributed by atoms with van der Waals surface area (Å²) < 4.78 is 1.27. The molecule has 0 spiro atoms. The largest absolute Gasteiger partial charge is 0.384 e. The molecular weight excluding hydrogens is 278 g/mol. The second-order valence-corrected chi connectivity index (χ2v) is 5.06. The van der Waals surface area contributed by atoms with Gasteiger partial charge in [0.25, 0.3) is 11.3 Å². The molecule has 102 valence electrons. The van der Waals surface area contributed by atoms with E-state index in [4.69, 9.17) is 5.73 Å². The van der Waals surface area contributed by atoms with Crippen molar-refractivity contribution in [2.75, 3.05) is 5.73 Å². The van der Waals surface area contributed by atoms with Crippen molar-refractivity contribution in [3.05, 3.63) is 40.2 Å². The van der Waals surface area contributed by atoms with Gasteiger partial charge in [0.05, 0.1) is 5.69 Å². The zero-order valence-electron chi connectivity index (χ0n) is 10.6. The van der Waals surface area contributed by atoms with Crippen molar-refractivity contribution >= 4 is 23.4 Å². The summed E-state index contributed by atoms with van der Waals surface area (Å²) in [6.45, 7) is 1.85. The molecular formula is C11H11N7OS. The smallest absolute Gasteiger partial charge is 0.274 e. The molecule has 0 radical (unpaired) electrons. The first-order chi connectivity index (χ1) is 9.61. The Balaban J connectivity index is 1.84. The van der Waals surface area contributed by atoms with Crippen LogP contribution >= 0.6 is 11.8 Å². The highest BCUT2D eigenvalue weighted by atomic mass is 32.2. The van der Waals surface area contributed by atoms with E-state index in [1.54, 1.807) is 6.07 Å². The molecule has 0 aromatic carbocycles. The van der Waals surface area contributed by atoms with Crippen LogP contribution in [0.3, 0.4) is 0 Å². The predicted molar refractivity (Wildman–Crippen MR) is 74.4 cm³/mol. The Morgan fingerprint density at radius 1 is 1.35 bits per heavy atom. The van der Waals surface area contributed by atoms with Crippen LogP contribution in [-0.4, -0.2) is 29.5 Å². The van der Waals surface area contributed by atoms with E-state index in [0.717, 1.165) is 5.69 Å². The molecule has 0 amide bonds. The molecule has 3 N–H and O–H groups in total. The fourth-order valence-corrected chi connectivity index (χ4v) is 2.51. The van der Waals surface area contributed by atoms with Crippen LogP contribution in [0.1, 0.15) is 11.4 Å². The molecule has 8 nitrogen and oxygen atoms in total. The molecule has 20 heavy (non-hydrogen) atoms. The van der Waals surface area contributed by atoms with Crippen LogP contribution in [-0.2, 0) is 5.75 Å². The van der Waals surface area contributed by atoms with E-state index in [9.17, 15) is 4.79 Å². The van der Waals surface area contributed by atoms with Crippen molar-refractivity contribution in [3.63, 3.8) is 0 Å². The standard InChI is InChI=1S/C11H11N7OS/c1-6-2-8(12)17-11(15-6)20-4-7-3-9(19)18-10(16-7)13-5-14-18/h2-3,5H,4H2,1H3,(H2,12,15,17)(H,13,14,16).